The molecule has 112 valence electrons. The van der Waals surface area contributed by atoms with Crippen molar-refractivity contribution < 1.29 is 8.42 Å². The molecule has 19 heavy (non-hydrogen) atoms. The van der Waals surface area contributed by atoms with E-state index in [-0.39, 0.29) is 24.8 Å². The Hall–Kier alpha value is -0.660. The largest absolute Gasteiger partial charge is 0.388 e. The molecular formula is C12H26N4O2S. The second kappa shape index (κ2) is 6.67. The first-order chi connectivity index (χ1) is 8.75. The van der Waals surface area contributed by atoms with E-state index in [2.05, 4.69) is 6.92 Å². The fraction of sp³-hybridized carbons (Fsp3) is 0.917. The van der Waals surface area contributed by atoms with E-state index < -0.39 is 10.2 Å². The molecule has 1 atom stereocenters. The molecule has 0 aromatic heterocycles. The molecule has 1 rings (SSSR count). The maximum absolute atomic E-state index is 12.6. The van der Waals surface area contributed by atoms with Gasteiger partial charge in [0.25, 0.3) is 10.2 Å². The Morgan fingerprint density at radius 3 is 2.63 bits per heavy atom. The van der Waals surface area contributed by atoms with Crippen molar-refractivity contribution in [2.24, 2.45) is 11.7 Å². The van der Waals surface area contributed by atoms with Gasteiger partial charge < -0.3 is 5.73 Å². The number of rotatable bonds is 6. The Kier molecular flexibility index (Phi) is 5.76. The van der Waals surface area contributed by atoms with Gasteiger partial charge in [0.15, 0.2) is 0 Å². The predicted octanol–water partition coefficient (Wildman–Crippen LogP) is 1.000. The highest BCUT2D eigenvalue weighted by Gasteiger charge is 2.33. The van der Waals surface area contributed by atoms with Crippen LogP contribution < -0.4 is 5.73 Å². The van der Waals surface area contributed by atoms with Gasteiger partial charge in [-0.05, 0) is 32.6 Å². The van der Waals surface area contributed by atoms with Crippen molar-refractivity contribution >= 4 is 16.0 Å². The van der Waals surface area contributed by atoms with E-state index >= 15 is 0 Å². The lowest BCUT2D eigenvalue weighted by atomic mass is 10.0. The summed E-state index contributed by atoms with van der Waals surface area (Å²) in [6.07, 6.45) is 2.28. The minimum absolute atomic E-state index is 0.0212. The first-order valence-corrected chi connectivity index (χ1v) is 8.24. The van der Waals surface area contributed by atoms with Crippen molar-refractivity contribution in [1.82, 2.24) is 8.61 Å². The van der Waals surface area contributed by atoms with Crippen molar-refractivity contribution in [3.05, 3.63) is 0 Å². The lowest BCUT2D eigenvalue weighted by Gasteiger charge is -2.36. The molecule has 0 aromatic rings. The van der Waals surface area contributed by atoms with Gasteiger partial charge in [-0.3, -0.25) is 5.41 Å². The molecule has 1 unspecified atom stereocenters. The van der Waals surface area contributed by atoms with Crippen LogP contribution in [0.2, 0.25) is 0 Å². The van der Waals surface area contributed by atoms with Crippen LogP contribution >= 0.6 is 0 Å². The van der Waals surface area contributed by atoms with Crippen LogP contribution in [0.4, 0.5) is 0 Å². The van der Waals surface area contributed by atoms with Crippen molar-refractivity contribution in [3.8, 4) is 0 Å². The van der Waals surface area contributed by atoms with Crippen LogP contribution in [0.5, 0.6) is 0 Å². The van der Waals surface area contributed by atoms with Crippen LogP contribution in [0, 0.1) is 11.3 Å². The molecular weight excluding hydrogens is 264 g/mol. The Labute approximate surface area is 116 Å². The van der Waals surface area contributed by atoms with Crippen LogP contribution in [0.3, 0.4) is 0 Å². The van der Waals surface area contributed by atoms with Gasteiger partial charge in [-0.25, -0.2) is 0 Å². The zero-order chi connectivity index (χ0) is 14.6. The third kappa shape index (κ3) is 4.43. The molecule has 0 radical (unpaired) electrons. The maximum atomic E-state index is 12.6. The molecule has 1 fully saturated rings. The molecule has 0 aliphatic carbocycles. The van der Waals surface area contributed by atoms with Crippen LogP contribution in [-0.4, -0.2) is 48.5 Å². The second-order valence-corrected chi connectivity index (χ2v) is 7.47. The second-order valence-electron chi connectivity index (χ2n) is 5.59. The van der Waals surface area contributed by atoms with E-state index in [1.165, 1.54) is 4.31 Å². The normalized spacial score (nSPS) is 22.1. The van der Waals surface area contributed by atoms with E-state index in [1.54, 1.807) is 4.31 Å². The standard InChI is InChI=1S/C12H26N4O2S/c1-10(2)16(8-6-12(13)14)19(17,18)15-7-4-5-11(3)9-15/h10-11H,4-9H2,1-3H3,(H3,13,14). The highest BCUT2D eigenvalue weighted by molar-refractivity contribution is 7.86. The summed E-state index contributed by atoms with van der Waals surface area (Å²) in [6, 6.07) is -0.124. The van der Waals surface area contributed by atoms with Gasteiger partial charge in [0.1, 0.15) is 0 Å². The number of nitrogens with two attached hydrogens (primary N) is 1. The number of piperidine rings is 1. The average molecular weight is 290 g/mol. The Balaban J connectivity index is 2.83. The number of nitrogens with zero attached hydrogens (tertiary/aromatic N) is 2. The first-order valence-electron chi connectivity index (χ1n) is 6.85. The fourth-order valence-corrected chi connectivity index (χ4v) is 4.33. The molecule has 1 aliphatic heterocycles. The molecule has 3 N–H and O–H groups in total. The quantitative estimate of drug-likeness (QED) is 0.565. The highest BCUT2D eigenvalue weighted by atomic mass is 32.2. The molecule has 1 saturated heterocycles. The maximum Gasteiger partial charge on any atom is 0.282 e. The predicted molar refractivity (Wildman–Crippen MR) is 77.3 cm³/mol. The third-order valence-corrected chi connectivity index (χ3v) is 5.60. The third-order valence-electron chi connectivity index (χ3n) is 3.42. The summed E-state index contributed by atoms with van der Waals surface area (Å²) in [5, 5.41) is 7.25. The van der Waals surface area contributed by atoms with Crippen LogP contribution in [0.15, 0.2) is 0 Å². The minimum Gasteiger partial charge on any atom is -0.388 e. The topological polar surface area (TPSA) is 90.5 Å². The van der Waals surface area contributed by atoms with E-state index in [4.69, 9.17) is 11.1 Å². The van der Waals surface area contributed by atoms with Gasteiger partial charge in [0, 0.05) is 32.1 Å². The fourth-order valence-electron chi connectivity index (χ4n) is 2.37. The van der Waals surface area contributed by atoms with Crippen LogP contribution in [0.25, 0.3) is 0 Å². The molecule has 1 aliphatic rings. The van der Waals surface area contributed by atoms with Gasteiger partial charge in [-0.2, -0.15) is 17.0 Å². The van der Waals surface area contributed by atoms with E-state index in [0.29, 0.717) is 19.0 Å². The van der Waals surface area contributed by atoms with Crippen molar-refractivity contribution in [1.29, 1.82) is 5.41 Å². The molecule has 0 saturated carbocycles. The van der Waals surface area contributed by atoms with Crippen LogP contribution in [0.1, 0.15) is 40.0 Å². The summed E-state index contributed by atoms with van der Waals surface area (Å²) in [4.78, 5) is 0. The minimum atomic E-state index is -3.44. The summed E-state index contributed by atoms with van der Waals surface area (Å²) in [6.45, 7) is 7.24. The number of nitrogens with one attached hydrogen (secondary N) is 1. The highest BCUT2D eigenvalue weighted by Crippen LogP contribution is 2.22. The number of amidine groups is 1. The van der Waals surface area contributed by atoms with Crippen LogP contribution in [-0.2, 0) is 10.2 Å². The van der Waals surface area contributed by atoms with Gasteiger partial charge in [0.05, 0.1) is 5.84 Å². The molecule has 1 heterocycles. The van der Waals surface area contributed by atoms with E-state index in [9.17, 15) is 8.42 Å². The van der Waals surface area contributed by atoms with Gasteiger partial charge in [-0.1, -0.05) is 6.92 Å². The lowest BCUT2D eigenvalue weighted by Crippen LogP contribution is -2.50. The Bertz CT molecular complexity index is 408. The molecule has 0 spiro atoms. The Morgan fingerprint density at radius 1 is 1.53 bits per heavy atom. The summed E-state index contributed by atoms with van der Waals surface area (Å²) in [5.41, 5.74) is 5.33. The molecule has 0 bridgehead atoms. The zero-order valence-corrected chi connectivity index (χ0v) is 12.9. The Morgan fingerprint density at radius 2 is 2.16 bits per heavy atom. The van der Waals surface area contributed by atoms with Crippen molar-refractivity contribution in [2.75, 3.05) is 19.6 Å². The van der Waals surface area contributed by atoms with E-state index in [0.717, 1.165) is 12.8 Å². The molecule has 7 heteroatoms. The van der Waals surface area contributed by atoms with E-state index in [1.807, 2.05) is 13.8 Å². The lowest BCUT2D eigenvalue weighted by molar-refractivity contribution is 0.248. The summed E-state index contributed by atoms with van der Waals surface area (Å²) < 4.78 is 28.3. The van der Waals surface area contributed by atoms with Crippen molar-refractivity contribution in [2.45, 2.75) is 46.1 Å². The smallest absolute Gasteiger partial charge is 0.282 e. The first kappa shape index (κ1) is 16.4. The number of hydrogen-bond donors (Lipinski definition) is 2. The molecule has 0 aromatic carbocycles. The molecule has 6 nitrogen and oxygen atoms in total. The summed E-state index contributed by atoms with van der Waals surface area (Å²) in [5.74, 6) is 0.429. The summed E-state index contributed by atoms with van der Waals surface area (Å²) >= 11 is 0. The van der Waals surface area contributed by atoms with Gasteiger partial charge in [0.2, 0.25) is 0 Å². The average Bonchev–Trinajstić information content (AvgIpc) is 2.27. The molecule has 0 amide bonds. The number of hydrogen-bond acceptors (Lipinski definition) is 3. The zero-order valence-electron chi connectivity index (χ0n) is 12.1. The van der Waals surface area contributed by atoms with Crippen molar-refractivity contribution in [3.63, 3.8) is 0 Å². The monoisotopic (exact) mass is 290 g/mol. The SMILES string of the molecule is CC1CCCN(S(=O)(=O)N(CCC(=N)N)C(C)C)C1. The van der Waals surface area contributed by atoms with Gasteiger partial charge >= 0.3 is 0 Å². The summed E-state index contributed by atoms with van der Waals surface area (Å²) in [7, 11) is -3.44. The van der Waals surface area contributed by atoms with Gasteiger partial charge in [-0.15, -0.1) is 0 Å².